The SMILES string of the molecule is N#Cc1ccc(CC(NNC=Nc2ccc(OC(F)(F)F)cc2)c2cccc(C(F)(F)F)c2)cc1. The van der Waals surface area contributed by atoms with E-state index in [0.717, 1.165) is 29.8 Å². The molecule has 182 valence electrons. The number of nitrogens with zero attached hydrogens (tertiary/aromatic N) is 2. The van der Waals surface area contributed by atoms with E-state index in [-0.39, 0.29) is 6.42 Å². The molecule has 5 nitrogen and oxygen atoms in total. The molecule has 0 aliphatic heterocycles. The lowest BCUT2D eigenvalue weighted by molar-refractivity contribution is -0.274. The lowest BCUT2D eigenvalue weighted by atomic mass is 9.97. The topological polar surface area (TPSA) is 69.4 Å². The van der Waals surface area contributed by atoms with Gasteiger partial charge in [0.15, 0.2) is 0 Å². The van der Waals surface area contributed by atoms with Gasteiger partial charge in [-0.25, -0.2) is 10.4 Å². The highest BCUT2D eigenvalue weighted by molar-refractivity contribution is 5.60. The number of benzene rings is 3. The molecule has 11 heteroatoms. The summed E-state index contributed by atoms with van der Waals surface area (Å²) in [6.07, 6.45) is -7.80. The summed E-state index contributed by atoms with van der Waals surface area (Å²) in [5.74, 6) is -0.394. The Hall–Kier alpha value is -4.04. The standard InChI is InChI=1S/C24H18F6N4O/c25-23(26,27)19-3-1-2-18(13-19)22(12-16-4-6-17(14-31)7-5-16)34-33-15-32-20-8-10-21(11-9-20)35-24(28,29)30/h1-11,13,15,22,34H,12H2,(H,32,33). The largest absolute Gasteiger partial charge is 0.573 e. The predicted molar refractivity (Wildman–Crippen MR) is 117 cm³/mol. The highest BCUT2D eigenvalue weighted by Gasteiger charge is 2.31. The average molecular weight is 492 g/mol. The molecule has 0 saturated carbocycles. The molecule has 0 aromatic heterocycles. The van der Waals surface area contributed by atoms with Gasteiger partial charge in [-0.2, -0.15) is 18.4 Å². The van der Waals surface area contributed by atoms with E-state index in [0.29, 0.717) is 16.8 Å². The summed E-state index contributed by atoms with van der Waals surface area (Å²) in [5, 5.41) is 8.95. The highest BCUT2D eigenvalue weighted by atomic mass is 19.4. The molecule has 0 aliphatic carbocycles. The Bertz CT molecular complexity index is 1180. The fourth-order valence-corrected chi connectivity index (χ4v) is 3.11. The summed E-state index contributed by atoms with van der Waals surface area (Å²) in [6, 6.07) is 17.7. The maximum atomic E-state index is 13.2. The second-order valence-corrected chi connectivity index (χ2v) is 7.28. The first-order valence-electron chi connectivity index (χ1n) is 10.1. The van der Waals surface area contributed by atoms with Crippen LogP contribution in [0.1, 0.15) is 28.3 Å². The van der Waals surface area contributed by atoms with Crippen LogP contribution in [-0.2, 0) is 12.6 Å². The molecule has 0 saturated heterocycles. The third kappa shape index (κ3) is 8.04. The van der Waals surface area contributed by atoms with Crippen molar-refractivity contribution >= 4 is 12.0 Å². The van der Waals surface area contributed by atoms with Crippen LogP contribution >= 0.6 is 0 Å². The van der Waals surface area contributed by atoms with Crippen molar-refractivity contribution in [3.63, 3.8) is 0 Å². The van der Waals surface area contributed by atoms with Crippen LogP contribution in [0, 0.1) is 11.3 Å². The van der Waals surface area contributed by atoms with Crippen molar-refractivity contribution in [2.75, 3.05) is 0 Å². The molecule has 1 atom stereocenters. The molecular weight excluding hydrogens is 474 g/mol. The van der Waals surface area contributed by atoms with Gasteiger partial charge in [-0.3, -0.25) is 0 Å². The van der Waals surface area contributed by atoms with Crippen LogP contribution in [-0.4, -0.2) is 12.7 Å². The van der Waals surface area contributed by atoms with Gasteiger partial charge in [-0.05, 0) is 66.1 Å². The molecule has 0 bridgehead atoms. The molecule has 35 heavy (non-hydrogen) atoms. The van der Waals surface area contributed by atoms with E-state index in [2.05, 4.69) is 20.6 Å². The van der Waals surface area contributed by atoms with Crippen LogP contribution in [0.3, 0.4) is 0 Å². The third-order valence-electron chi connectivity index (χ3n) is 4.75. The third-order valence-corrected chi connectivity index (χ3v) is 4.75. The molecule has 0 spiro atoms. The monoisotopic (exact) mass is 492 g/mol. The van der Waals surface area contributed by atoms with E-state index in [1.165, 1.54) is 24.5 Å². The summed E-state index contributed by atoms with van der Waals surface area (Å²) in [6.45, 7) is 0. The Morgan fingerprint density at radius 1 is 0.943 bits per heavy atom. The molecule has 0 heterocycles. The molecule has 0 aliphatic rings. The number of aliphatic imine (C=N–C) groups is 1. The van der Waals surface area contributed by atoms with E-state index in [1.807, 2.05) is 6.07 Å². The van der Waals surface area contributed by atoms with Crippen molar-refractivity contribution < 1.29 is 31.1 Å². The van der Waals surface area contributed by atoms with Crippen molar-refractivity contribution in [3.05, 3.63) is 95.1 Å². The lowest BCUT2D eigenvalue weighted by Crippen LogP contribution is -2.35. The Labute approximate surface area is 196 Å². The molecule has 0 fully saturated rings. The summed E-state index contributed by atoms with van der Waals surface area (Å²) >= 11 is 0. The Balaban J connectivity index is 1.72. The molecule has 3 aromatic carbocycles. The van der Waals surface area contributed by atoms with E-state index in [1.54, 1.807) is 30.3 Å². The van der Waals surface area contributed by atoms with Gasteiger partial charge in [0, 0.05) is 0 Å². The molecule has 3 aromatic rings. The molecule has 0 radical (unpaired) electrons. The molecule has 3 rings (SSSR count). The van der Waals surface area contributed by atoms with E-state index in [9.17, 15) is 26.3 Å². The van der Waals surface area contributed by atoms with Crippen molar-refractivity contribution in [3.8, 4) is 11.8 Å². The summed E-state index contributed by atoms with van der Waals surface area (Å²) in [7, 11) is 0. The summed E-state index contributed by atoms with van der Waals surface area (Å²) in [4.78, 5) is 4.04. The lowest BCUT2D eigenvalue weighted by Gasteiger charge is -2.20. The van der Waals surface area contributed by atoms with Crippen LogP contribution in [0.25, 0.3) is 0 Å². The van der Waals surface area contributed by atoms with Crippen LogP contribution in [0.4, 0.5) is 32.0 Å². The van der Waals surface area contributed by atoms with E-state index in [4.69, 9.17) is 5.26 Å². The number of hydrazine groups is 1. The van der Waals surface area contributed by atoms with Gasteiger partial charge in [0.1, 0.15) is 12.1 Å². The van der Waals surface area contributed by atoms with Crippen LogP contribution in [0.2, 0.25) is 0 Å². The maximum Gasteiger partial charge on any atom is 0.573 e. The van der Waals surface area contributed by atoms with Crippen molar-refractivity contribution in [1.29, 1.82) is 5.26 Å². The number of hydrogen-bond acceptors (Lipinski definition) is 4. The minimum atomic E-state index is -4.80. The summed E-state index contributed by atoms with van der Waals surface area (Å²) in [5.41, 5.74) is 6.71. The molecular formula is C24H18F6N4O. The number of rotatable bonds is 8. The van der Waals surface area contributed by atoms with Crippen LogP contribution in [0.5, 0.6) is 5.75 Å². The Morgan fingerprint density at radius 2 is 1.63 bits per heavy atom. The second-order valence-electron chi connectivity index (χ2n) is 7.28. The van der Waals surface area contributed by atoms with Gasteiger partial charge in [0.25, 0.3) is 0 Å². The Kier molecular flexibility index (Phi) is 7.98. The van der Waals surface area contributed by atoms with Gasteiger partial charge < -0.3 is 10.2 Å². The number of nitriles is 1. The summed E-state index contributed by atoms with van der Waals surface area (Å²) < 4.78 is 80.1. The van der Waals surface area contributed by atoms with Gasteiger partial charge >= 0.3 is 12.5 Å². The van der Waals surface area contributed by atoms with Crippen LogP contribution < -0.4 is 15.6 Å². The zero-order valence-electron chi connectivity index (χ0n) is 17.9. The maximum absolute atomic E-state index is 13.2. The number of nitrogens with one attached hydrogen (secondary N) is 2. The minimum Gasteiger partial charge on any atom is -0.406 e. The van der Waals surface area contributed by atoms with Gasteiger partial charge in [-0.1, -0.05) is 24.3 Å². The Morgan fingerprint density at radius 3 is 2.23 bits per heavy atom. The van der Waals surface area contributed by atoms with Crippen LogP contribution in [0.15, 0.2) is 77.8 Å². The van der Waals surface area contributed by atoms with Gasteiger partial charge in [0.05, 0.1) is 28.9 Å². The second kappa shape index (κ2) is 10.9. The van der Waals surface area contributed by atoms with Gasteiger partial charge in [0.2, 0.25) is 0 Å². The molecule has 2 N–H and O–H groups in total. The fraction of sp³-hybridized carbons (Fsp3) is 0.167. The zero-order valence-corrected chi connectivity index (χ0v) is 17.9. The smallest absolute Gasteiger partial charge is 0.406 e. The number of alkyl halides is 6. The van der Waals surface area contributed by atoms with Crippen molar-refractivity contribution in [1.82, 2.24) is 10.9 Å². The number of ether oxygens (including phenoxy) is 1. The quantitative estimate of drug-likeness (QED) is 0.170. The molecule has 1 unspecified atom stereocenters. The first-order valence-corrected chi connectivity index (χ1v) is 10.1. The number of halogens is 6. The molecule has 0 amide bonds. The first-order chi connectivity index (χ1) is 16.5. The minimum absolute atomic E-state index is 0.289. The van der Waals surface area contributed by atoms with E-state index < -0.39 is 29.9 Å². The normalized spacial score (nSPS) is 12.8. The average Bonchev–Trinajstić information content (AvgIpc) is 2.81. The van der Waals surface area contributed by atoms with E-state index >= 15 is 0 Å². The highest BCUT2D eigenvalue weighted by Crippen LogP contribution is 2.31. The zero-order chi connectivity index (χ0) is 25.5. The van der Waals surface area contributed by atoms with Gasteiger partial charge in [-0.15, -0.1) is 13.2 Å². The van der Waals surface area contributed by atoms with Crippen molar-refractivity contribution in [2.45, 2.75) is 25.0 Å². The number of hydrogen-bond donors (Lipinski definition) is 2. The first kappa shape index (κ1) is 25.6. The fourth-order valence-electron chi connectivity index (χ4n) is 3.11. The predicted octanol–water partition coefficient (Wildman–Crippen LogP) is 6.21. The van der Waals surface area contributed by atoms with Crippen molar-refractivity contribution in [2.24, 2.45) is 4.99 Å².